The molecular formula is C12H10Br2ClN3. The first-order chi connectivity index (χ1) is 8.49. The van der Waals surface area contributed by atoms with Crippen LogP contribution in [0.3, 0.4) is 0 Å². The fourth-order valence-electron chi connectivity index (χ4n) is 1.40. The van der Waals surface area contributed by atoms with E-state index in [0.29, 0.717) is 16.5 Å². The molecule has 18 heavy (non-hydrogen) atoms. The van der Waals surface area contributed by atoms with E-state index in [0.717, 1.165) is 20.2 Å². The second-order valence-electron chi connectivity index (χ2n) is 3.75. The number of nitrogens with two attached hydrogens (primary N) is 1. The number of benzene rings is 1. The minimum absolute atomic E-state index is 0.618. The maximum Gasteiger partial charge on any atom is 0.145 e. The maximum atomic E-state index is 6.14. The molecule has 0 unspecified atom stereocenters. The van der Waals surface area contributed by atoms with Gasteiger partial charge in [-0.05, 0) is 46.6 Å². The normalized spacial score (nSPS) is 10.4. The first-order valence-corrected chi connectivity index (χ1v) is 7.08. The number of hydrogen-bond acceptors (Lipinski definition) is 3. The number of nitrogens with zero attached hydrogens (tertiary/aromatic N) is 1. The van der Waals surface area contributed by atoms with Gasteiger partial charge in [-0.1, -0.05) is 27.5 Å². The van der Waals surface area contributed by atoms with E-state index in [-0.39, 0.29) is 0 Å². The summed E-state index contributed by atoms with van der Waals surface area (Å²) in [5, 5.41) is 3.79. The molecule has 94 valence electrons. The third kappa shape index (κ3) is 2.79. The van der Waals surface area contributed by atoms with Crippen LogP contribution >= 0.6 is 43.5 Å². The summed E-state index contributed by atoms with van der Waals surface area (Å²) in [5.74, 6) is 0.686. The van der Waals surface area contributed by atoms with E-state index in [9.17, 15) is 0 Å². The van der Waals surface area contributed by atoms with Crippen molar-refractivity contribution >= 4 is 60.7 Å². The second kappa shape index (κ2) is 5.47. The first-order valence-electron chi connectivity index (χ1n) is 5.11. The summed E-state index contributed by atoms with van der Waals surface area (Å²) in [6, 6.07) is 5.61. The molecule has 1 aromatic carbocycles. The highest BCUT2D eigenvalue weighted by molar-refractivity contribution is 9.11. The number of pyridine rings is 1. The van der Waals surface area contributed by atoms with Crippen LogP contribution in [-0.4, -0.2) is 4.98 Å². The highest BCUT2D eigenvalue weighted by atomic mass is 79.9. The van der Waals surface area contributed by atoms with Crippen LogP contribution in [0.25, 0.3) is 0 Å². The third-order valence-corrected chi connectivity index (χ3v) is 4.26. The molecule has 3 N–H and O–H groups in total. The summed E-state index contributed by atoms with van der Waals surface area (Å²) in [6.07, 6.45) is 1.62. The van der Waals surface area contributed by atoms with E-state index in [1.807, 2.05) is 25.1 Å². The lowest BCUT2D eigenvalue weighted by molar-refractivity contribution is 1.25. The van der Waals surface area contributed by atoms with E-state index in [2.05, 4.69) is 42.2 Å². The van der Waals surface area contributed by atoms with Crippen molar-refractivity contribution in [2.45, 2.75) is 6.92 Å². The molecule has 6 heteroatoms. The van der Waals surface area contributed by atoms with E-state index in [4.69, 9.17) is 17.3 Å². The molecule has 0 atom stereocenters. The molecule has 2 aromatic rings. The Hall–Kier alpha value is -0.780. The molecule has 0 radical (unpaired) electrons. The van der Waals surface area contributed by atoms with Gasteiger partial charge in [0.15, 0.2) is 0 Å². The van der Waals surface area contributed by atoms with E-state index in [1.165, 1.54) is 0 Å². The Bertz CT molecular complexity index is 602. The van der Waals surface area contributed by atoms with Crippen molar-refractivity contribution in [2.75, 3.05) is 11.1 Å². The number of aromatic nitrogens is 1. The van der Waals surface area contributed by atoms with Crippen LogP contribution < -0.4 is 11.1 Å². The Kier molecular flexibility index (Phi) is 4.14. The van der Waals surface area contributed by atoms with Crippen LogP contribution in [0.2, 0.25) is 5.02 Å². The van der Waals surface area contributed by atoms with Gasteiger partial charge in [0.1, 0.15) is 5.82 Å². The average molecular weight is 391 g/mol. The molecule has 1 aromatic heterocycles. The van der Waals surface area contributed by atoms with Gasteiger partial charge >= 0.3 is 0 Å². The van der Waals surface area contributed by atoms with Crippen LogP contribution in [0.15, 0.2) is 33.3 Å². The predicted octanol–water partition coefficient (Wildman–Crippen LogP) is 4.89. The van der Waals surface area contributed by atoms with Gasteiger partial charge in [0.25, 0.3) is 0 Å². The largest absolute Gasteiger partial charge is 0.397 e. The fraction of sp³-hybridized carbons (Fsp3) is 0.0833. The minimum Gasteiger partial charge on any atom is -0.397 e. The predicted molar refractivity (Wildman–Crippen MR) is 83.5 cm³/mol. The second-order valence-corrected chi connectivity index (χ2v) is 5.87. The van der Waals surface area contributed by atoms with Crippen molar-refractivity contribution in [3.63, 3.8) is 0 Å². The number of nitrogen functional groups attached to an aromatic ring is 1. The van der Waals surface area contributed by atoms with Crippen LogP contribution in [-0.2, 0) is 0 Å². The van der Waals surface area contributed by atoms with Crippen molar-refractivity contribution < 1.29 is 0 Å². The first kappa shape index (κ1) is 13.6. The van der Waals surface area contributed by atoms with E-state index in [1.54, 1.807) is 6.20 Å². The molecule has 0 aliphatic rings. The molecular weight excluding hydrogens is 381 g/mol. The molecule has 3 nitrogen and oxygen atoms in total. The molecule has 0 aliphatic heterocycles. The van der Waals surface area contributed by atoms with Gasteiger partial charge < -0.3 is 11.1 Å². The van der Waals surface area contributed by atoms with Crippen molar-refractivity contribution in [3.8, 4) is 0 Å². The molecule has 0 fully saturated rings. The summed E-state index contributed by atoms with van der Waals surface area (Å²) < 4.78 is 1.76. The highest BCUT2D eigenvalue weighted by Gasteiger charge is 2.09. The zero-order chi connectivity index (χ0) is 13.3. The molecule has 0 aliphatic carbocycles. The third-order valence-electron chi connectivity index (χ3n) is 2.49. The van der Waals surface area contributed by atoms with E-state index < -0.39 is 0 Å². The molecule has 0 amide bonds. The summed E-state index contributed by atoms with van der Waals surface area (Å²) in [4.78, 5) is 4.24. The zero-order valence-electron chi connectivity index (χ0n) is 9.47. The Morgan fingerprint density at radius 2 is 2.06 bits per heavy atom. The fourth-order valence-corrected chi connectivity index (χ4v) is 2.55. The van der Waals surface area contributed by atoms with Gasteiger partial charge in [0, 0.05) is 4.47 Å². The Morgan fingerprint density at radius 1 is 1.33 bits per heavy atom. The molecule has 0 bridgehead atoms. The number of halogens is 3. The molecule has 1 heterocycles. The van der Waals surface area contributed by atoms with Crippen molar-refractivity contribution in [1.29, 1.82) is 0 Å². The number of hydrogen-bond donors (Lipinski definition) is 2. The van der Waals surface area contributed by atoms with Crippen molar-refractivity contribution in [2.24, 2.45) is 0 Å². The quantitative estimate of drug-likeness (QED) is 0.766. The van der Waals surface area contributed by atoms with Gasteiger partial charge in [0.05, 0.1) is 27.1 Å². The maximum absolute atomic E-state index is 6.14. The summed E-state index contributed by atoms with van der Waals surface area (Å²) in [6.45, 7) is 1.93. The summed E-state index contributed by atoms with van der Waals surface area (Å²) in [7, 11) is 0. The zero-order valence-corrected chi connectivity index (χ0v) is 13.4. The smallest absolute Gasteiger partial charge is 0.145 e. The van der Waals surface area contributed by atoms with Gasteiger partial charge in [-0.25, -0.2) is 4.98 Å². The van der Waals surface area contributed by atoms with Gasteiger partial charge in [0.2, 0.25) is 0 Å². The lowest BCUT2D eigenvalue weighted by Crippen LogP contribution is -1.99. The molecule has 0 saturated heterocycles. The van der Waals surface area contributed by atoms with Crippen molar-refractivity contribution in [1.82, 2.24) is 4.98 Å². The standard InChI is InChI=1S/C12H10Br2ClN3/c1-6-9(16)5-17-12(11(6)14)18-10-3-2-7(13)4-8(10)15/h2-5H,16H2,1H3,(H,17,18). The van der Waals surface area contributed by atoms with E-state index >= 15 is 0 Å². The Labute approximate surface area is 127 Å². The summed E-state index contributed by atoms with van der Waals surface area (Å²) in [5.41, 5.74) is 8.16. The van der Waals surface area contributed by atoms with Gasteiger partial charge in [-0.2, -0.15) is 0 Å². The molecule has 0 saturated carbocycles. The van der Waals surface area contributed by atoms with Crippen molar-refractivity contribution in [3.05, 3.63) is 43.9 Å². The SMILES string of the molecule is Cc1c(N)cnc(Nc2ccc(Br)cc2Cl)c1Br. The lowest BCUT2D eigenvalue weighted by Gasteiger charge is -2.12. The average Bonchev–Trinajstić information content (AvgIpc) is 2.33. The lowest BCUT2D eigenvalue weighted by atomic mass is 10.2. The van der Waals surface area contributed by atoms with Gasteiger partial charge in [-0.15, -0.1) is 0 Å². The van der Waals surface area contributed by atoms with Crippen LogP contribution in [0.1, 0.15) is 5.56 Å². The number of rotatable bonds is 2. The summed E-state index contributed by atoms with van der Waals surface area (Å²) >= 11 is 13.0. The Balaban J connectivity index is 2.37. The molecule has 2 rings (SSSR count). The van der Waals surface area contributed by atoms with Crippen LogP contribution in [0.5, 0.6) is 0 Å². The highest BCUT2D eigenvalue weighted by Crippen LogP contribution is 2.33. The Morgan fingerprint density at radius 3 is 2.72 bits per heavy atom. The van der Waals surface area contributed by atoms with Crippen LogP contribution in [0.4, 0.5) is 17.2 Å². The number of anilines is 3. The monoisotopic (exact) mass is 389 g/mol. The minimum atomic E-state index is 0.618. The van der Waals surface area contributed by atoms with Gasteiger partial charge in [-0.3, -0.25) is 0 Å². The molecule has 0 spiro atoms. The topological polar surface area (TPSA) is 50.9 Å². The number of nitrogens with one attached hydrogen (secondary N) is 1. The van der Waals surface area contributed by atoms with Crippen LogP contribution in [0, 0.1) is 6.92 Å².